The van der Waals surface area contributed by atoms with E-state index in [2.05, 4.69) is 0 Å². The average Bonchev–Trinajstić information content (AvgIpc) is 0.722. The first-order valence-corrected chi connectivity index (χ1v) is 2.00. The van der Waals surface area contributed by atoms with Crippen LogP contribution in [0.2, 0.25) is 0 Å². The molecule has 0 aromatic carbocycles. The van der Waals surface area contributed by atoms with Gasteiger partial charge >= 0.3 is 17.1 Å². The van der Waals surface area contributed by atoms with E-state index in [9.17, 15) is 0 Å². The molecule has 0 atom stereocenters. The van der Waals surface area contributed by atoms with Crippen molar-refractivity contribution in [2.75, 3.05) is 0 Å². The predicted molar refractivity (Wildman–Crippen MR) is 22.0 cm³/mol. The van der Waals surface area contributed by atoms with Gasteiger partial charge in [0.2, 0.25) is 0 Å². The summed E-state index contributed by atoms with van der Waals surface area (Å²) in [7, 11) is -5.17. The van der Waals surface area contributed by atoms with Gasteiger partial charge in [-0.25, -0.2) is 0 Å². The van der Waals surface area contributed by atoms with Gasteiger partial charge in [0.25, 0.3) is 0 Å². The van der Waals surface area contributed by atoms with Crippen molar-refractivity contribution in [1.29, 1.82) is 0 Å². The zero-order valence-corrected chi connectivity index (χ0v) is 10.3. The molecule has 2 radical (unpaired) electrons. The molecule has 0 heterocycles. The van der Waals surface area contributed by atoms with Crippen LogP contribution >= 0.6 is 0 Å². The van der Waals surface area contributed by atoms with Crippen LogP contribution in [0, 0.1) is 0 Å². The quantitative estimate of drug-likeness (QED) is 0.253. The normalized spacial score (nSPS) is 7.25. The van der Waals surface area contributed by atoms with Crippen molar-refractivity contribution in [3.63, 3.8) is 0 Å². The Morgan fingerprint density at radius 1 is 1.00 bits per heavy atom. The third kappa shape index (κ3) is 80.2. The van der Waals surface area contributed by atoms with Crippen LogP contribution in [0.1, 0.15) is 0 Å². The van der Waals surface area contributed by atoms with Gasteiger partial charge < -0.3 is 9.11 Å². The molecule has 8 heavy (non-hydrogen) atoms. The number of rotatable bonds is 0. The summed E-state index contributed by atoms with van der Waals surface area (Å²) in [5.41, 5.74) is 0. The fourth-order valence-corrected chi connectivity index (χ4v) is 0. The SMILES string of the molecule is O=S(=O)([O-])[O-].[Fe+2].[Na].[Na]. The monoisotopic (exact) mass is 198 g/mol. The van der Waals surface area contributed by atoms with E-state index in [4.69, 9.17) is 17.5 Å². The van der Waals surface area contributed by atoms with E-state index in [0.717, 1.165) is 0 Å². The first-order chi connectivity index (χ1) is 2.00. The van der Waals surface area contributed by atoms with Gasteiger partial charge in [0.15, 0.2) is 0 Å². The van der Waals surface area contributed by atoms with Gasteiger partial charge in [-0.15, -0.1) is 0 Å². The second-order valence-corrected chi connectivity index (χ2v) is 1.22. The minimum absolute atomic E-state index is 0. The minimum atomic E-state index is -5.17. The van der Waals surface area contributed by atoms with Gasteiger partial charge in [0.1, 0.15) is 0 Å². The Morgan fingerprint density at radius 2 is 1.00 bits per heavy atom. The molecule has 0 aliphatic heterocycles. The van der Waals surface area contributed by atoms with Gasteiger partial charge in [-0.05, 0) is 0 Å². The smallest absolute Gasteiger partial charge is 0.759 e. The Labute approximate surface area is 102 Å². The van der Waals surface area contributed by atoms with E-state index in [-0.39, 0.29) is 76.2 Å². The van der Waals surface area contributed by atoms with Crippen molar-refractivity contribution in [2.24, 2.45) is 0 Å². The Hall–Kier alpha value is 2.39. The van der Waals surface area contributed by atoms with Crippen molar-refractivity contribution in [2.45, 2.75) is 0 Å². The van der Waals surface area contributed by atoms with Crippen molar-refractivity contribution in [3.8, 4) is 0 Å². The van der Waals surface area contributed by atoms with E-state index in [1.807, 2.05) is 0 Å². The maximum atomic E-state index is 8.52. The molecule has 0 aliphatic rings. The van der Waals surface area contributed by atoms with Gasteiger partial charge in [0.05, 0.1) is 0 Å². The summed E-state index contributed by atoms with van der Waals surface area (Å²) in [5, 5.41) is 0. The number of hydrogen-bond acceptors (Lipinski definition) is 4. The molecule has 0 amide bonds. The Morgan fingerprint density at radius 3 is 1.00 bits per heavy atom. The molecule has 4 nitrogen and oxygen atoms in total. The summed E-state index contributed by atoms with van der Waals surface area (Å²) in [6.45, 7) is 0. The third-order valence-electron chi connectivity index (χ3n) is 0. The van der Waals surface area contributed by atoms with Crippen molar-refractivity contribution < 1.29 is 34.6 Å². The van der Waals surface area contributed by atoms with Gasteiger partial charge in [-0.2, -0.15) is 0 Å². The first kappa shape index (κ1) is 22.4. The molecule has 0 aromatic heterocycles. The van der Waals surface area contributed by atoms with Crippen LogP contribution in [0.25, 0.3) is 0 Å². The maximum Gasteiger partial charge on any atom is 2.00 e. The maximum absolute atomic E-state index is 8.52. The second kappa shape index (κ2) is 9.39. The largest absolute Gasteiger partial charge is 2.00 e. The van der Waals surface area contributed by atoms with Crippen LogP contribution in [0.4, 0.5) is 0 Å². The number of hydrogen-bond donors (Lipinski definition) is 0. The molecule has 0 unspecified atom stereocenters. The molecule has 0 spiro atoms. The van der Waals surface area contributed by atoms with Crippen LogP contribution in [0.15, 0.2) is 0 Å². The molecule has 0 saturated carbocycles. The standard InChI is InChI=1S/Fe.2Na.H2O4S/c;;;1-5(2,3)4/h;;;(H2,1,2,3,4)/q+2;;;/p-2. The third-order valence-corrected chi connectivity index (χ3v) is 0. The summed E-state index contributed by atoms with van der Waals surface area (Å²) in [4.78, 5) is 0. The molecule has 0 saturated heterocycles. The van der Waals surface area contributed by atoms with Crippen LogP contribution in [-0.4, -0.2) is 76.6 Å². The molecular formula is FeNa2O4S. The van der Waals surface area contributed by atoms with Crippen molar-refractivity contribution >= 4 is 69.5 Å². The van der Waals surface area contributed by atoms with Crippen molar-refractivity contribution in [3.05, 3.63) is 0 Å². The molecule has 0 bridgehead atoms. The van der Waals surface area contributed by atoms with E-state index in [0.29, 0.717) is 0 Å². The van der Waals surface area contributed by atoms with Crippen LogP contribution < -0.4 is 0 Å². The zero-order chi connectivity index (χ0) is 4.50. The van der Waals surface area contributed by atoms with Crippen LogP contribution in [0.3, 0.4) is 0 Å². The van der Waals surface area contributed by atoms with Gasteiger partial charge in [-0.1, -0.05) is 0 Å². The van der Waals surface area contributed by atoms with Crippen LogP contribution in [-0.2, 0) is 27.5 Å². The molecule has 0 fully saturated rings. The Bertz CT molecular complexity index is 97.2. The molecule has 0 N–H and O–H groups in total. The van der Waals surface area contributed by atoms with Gasteiger partial charge in [-0.3, -0.25) is 8.42 Å². The second-order valence-electron chi connectivity index (χ2n) is 0.408. The molecule has 8 heteroatoms. The summed E-state index contributed by atoms with van der Waals surface area (Å²) >= 11 is 0. The first-order valence-electron chi connectivity index (χ1n) is 0.667. The van der Waals surface area contributed by atoms with E-state index in [1.54, 1.807) is 0 Å². The summed E-state index contributed by atoms with van der Waals surface area (Å²) in [5.74, 6) is 0. The van der Waals surface area contributed by atoms with Gasteiger partial charge in [0, 0.05) is 69.5 Å². The molecule has 0 aliphatic carbocycles. The van der Waals surface area contributed by atoms with E-state index < -0.39 is 10.4 Å². The Kier molecular flexibility index (Phi) is 26.3. The fourth-order valence-electron chi connectivity index (χ4n) is 0. The van der Waals surface area contributed by atoms with E-state index in [1.165, 1.54) is 0 Å². The van der Waals surface area contributed by atoms with Crippen molar-refractivity contribution in [1.82, 2.24) is 0 Å². The molecular weight excluding hydrogens is 198 g/mol. The van der Waals surface area contributed by atoms with Crippen LogP contribution in [0.5, 0.6) is 0 Å². The average molecular weight is 198 g/mol. The summed E-state index contributed by atoms with van der Waals surface area (Å²) < 4.78 is 34.1. The summed E-state index contributed by atoms with van der Waals surface area (Å²) in [6.07, 6.45) is 0. The Balaban J connectivity index is -0.0000000267. The zero-order valence-electron chi connectivity index (χ0n) is 4.39. The topological polar surface area (TPSA) is 80.3 Å². The molecule has 0 rings (SSSR count). The fraction of sp³-hybridized carbons (Fsp3) is 0. The van der Waals surface area contributed by atoms with E-state index >= 15 is 0 Å². The predicted octanol–water partition coefficient (Wildman–Crippen LogP) is -2.10. The minimum Gasteiger partial charge on any atom is -0.759 e. The summed E-state index contributed by atoms with van der Waals surface area (Å²) in [6, 6.07) is 0. The molecule has 0 aromatic rings. The molecule has 40 valence electrons.